The number of halogens is 9. The monoisotopic (exact) mass is 419 g/mol. The summed E-state index contributed by atoms with van der Waals surface area (Å²) >= 11 is 0. The predicted molar refractivity (Wildman–Crippen MR) is 85.9 cm³/mol. The Morgan fingerprint density at radius 2 is 0.889 bits per heavy atom. The largest absolute Gasteiger partial charge is 0.460 e. The quantitative estimate of drug-likeness (QED) is 0.430. The molecule has 0 amide bonds. The van der Waals surface area contributed by atoms with Crippen molar-refractivity contribution in [3.8, 4) is 0 Å². The van der Waals surface area contributed by atoms with Crippen LogP contribution in [0.15, 0.2) is 60.7 Å². The summed E-state index contributed by atoms with van der Waals surface area (Å²) in [5.41, 5.74) is -5.69. The van der Waals surface area contributed by atoms with Gasteiger partial charge in [-0.05, 0) is 24.3 Å². The third-order valence-corrected chi connectivity index (χ3v) is 8.30. The number of hydrogen-bond donors (Lipinski definition) is 0. The van der Waals surface area contributed by atoms with Gasteiger partial charge in [-0.1, -0.05) is 36.4 Å². The number of hydrogen-bond acceptors (Lipinski definition) is 0. The Bertz CT molecular complexity index is 730. The van der Waals surface area contributed by atoms with E-state index < -0.39 is 41.6 Å². The van der Waals surface area contributed by atoms with Crippen LogP contribution in [0.3, 0.4) is 0 Å². The third kappa shape index (κ3) is 3.10. The first kappa shape index (κ1) is 21.5. The van der Waals surface area contributed by atoms with Crippen molar-refractivity contribution < 1.29 is 39.5 Å². The highest BCUT2D eigenvalue weighted by molar-refractivity contribution is 7.89. The van der Waals surface area contributed by atoms with Crippen molar-refractivity contribution in [3.63, 3.8) is 0 Å². The van der Waals surface area contributed by atoms with Crippen LogP contribution >= 0.6 is 7.26 Å². The van der Waals surface area contributed by atoms with E-state index in [-0.39, 0.29) is 0 Å². The molecule has 0 radical (unpaired) electrons. The molecule has 0 fully saturated rings. The van der Waals surface area contributed by atoms with Gasteiger partial charge in [-0.3, -0.25) is 0 Å². The zero-order valence-corrected chi connectivity index (χ0v) is 14.5. The van der Waals surface area contributed by atoms with Gasteiger partial charge in [-0.2, -0.15) is 39.5 Å². The molecule has 27 heavy (non-hydrogen) atoms. The standard InChI is InChI=1S/C17H13F9P/c1-27(12-8-4-2-5-9-12,13-10-6-3-7-11-13)17(25,26)15(20,21)14(18,19)16(22,23)24/h2-11H,1H3/q+1. The molecule has 0 saturated heterocycles. The highest BCUT2D eigenvalue weighted by atomic mass is 31.2. The smallest absolute Gasteiger partial charge is 0.189 e. The van der Waals surface area contributed by atoms with Gasteiger partial charge in [0.05, 0.1) is 6.66 Å². The molecule has 0 atom stereocenters. The summed E-state index contributed by atoms with van der Waals surface area (Å²) in [6.07, 6.45) is -6.85. The summed E-state index contributed by atoms with van der Waals surface area (Å²) in [6.45, 7) is 0.623. The van der Waals surface area contributed by atoms with Gasteiger partial charge in [-0.25, -0.2) is 0 Å². The van der Waals surface area contributed by atoms with Gasteiger partial charge in [0.25, 0.3) is 0 Å². The fourth-order valence-corrected chi connectivity index (χ4v) is 5.76. The second kappa shape index (κ2) is 6.69. The molecule has 0 unspecified atom stereocenters. The summed E-state index contributed by atoms with van der Waals surface area (Å²) in [5, 5.41) is -0.863. The minimum absolute atomic E-state index is 0.432. The SMILES string of the molecule is C[P+](c1ccccc1)(c1ccccc1)C(F)(F)C(F)(F)C(F)(F)C(F)(F)F. The Morgan fingerprint density at radius 3 is 1.19 bits per heavy atom. The zero-order valence-electron chi connectivity index (χ0n) is 13.6. The van der Waals surface area contributed by atoms with E-state index in [1.54, 1.807) is 0 Å². The minimum atomic E-state index is -6.92. The van der Waals surface area contributed by atoms with Crippen LogP contribution in [-0.2, 0) is 0 Å². The average molecular weight is 419 g/mol. The molecule has 0 aromatic heterocycles. The van der Waals surface area contributed by atoms with Crippen LogP contribution < -0.4 is 10.6 Å². The lowest BCUT2D eigenvalue weighted by Gasteiger charge is -2.38. The maximum absolute atomic E-state index is 15.0. The van der Waals surface area contributed by atoms with E-state index in [1.807, 2.05) is 0 Å². The maximum Gasteiger partial charge on any atom is 0.460 e. The van der Waals surface area contributed by atoms with Crippen molar-refractivity contribution in [1.82, 2.24) is 0 Å². The normalized spacial score (nSPS) is 14.3. The lowest BCUT2D eigenvalue weighted by Crippen LogP contribution is -2.63. The fraction of sp³-hybridized carbons (Fsp3) is 0.294. The molecule has 0 aliphatic rings. The van der Waals surface area contributed by atoms with E-state index in [4.69, 9.17) is 0 Å². The second-order valence-corrected chi connectivity index (χ2v) is 9.47. The van der Waals surface area contributed by atoms with Gasteiger partial charge in [0.15, 0.2) is 7.26 Å². The van der Waals surface area contributed by atoms with Crippen LogP contribution in [0.1, 0.15) is 0 Å². The Kier molecular flexibility index (Phi) is 5.34. The molecule has 0 aliphatic heterocycles. The molecule has 0 bridgehead atoms. The summed E-state index contributed by atoms with van der Waals surface area (Å²) in [5.74, 6) is -13.6. The van der Waals surface area contributed by atoms with Gasteiger partial charge in [0.2, 0.25) is 0 Å². The van der Waals surface area contributed by atoms with Gasteiger partial charge in [0.1, 0.15) is 10.6 Å². The highest BCUT2D eigenvalue weighted by Gasteiger charge is 2.89. The molecule has 148 valence electrons. The predicted octanol–water partition coefficient (Wildman–Crippen LogP) is 5.71. The van der Waals surface area contributed by atoms with Crippen LogP contribution in [-0.4, -0.2) is 30.3 Å². The Labute approximate surface area is 149 Å². The topological polar surface area (TPSA) is 0 Å². The van der Waals surface area contributed by atoms with Crippen LogP contribution in [0.4, 0.5) is 39.5 Å². The summed E-state index contributed by atoms with van der Waals surface area (Å²) in [7, 11) is -4.73. The maximum atomic E-state index is 15.0. The Morgan fingerprint density at radius 1 is 0.556 bits per heavy atom. The zero-order chi connectivity index (χ0) is 20.7. The summed E-state index contributed by atoms with van der Waals surface area (Å²) < 4.78 is 123. The van der Waals surface area contributed by atoms with Crippen LogP contribution in [0, 0.1) is 0 Å². The summed E-state index contributed by atoms with van der Waals surface area (Å²) in [6, 6.07) is 11.7. The van der Waals surface area contributed by atoms with E-state index in [2.05, 4.69) is 0 Å². The Hall–Kier alpha value is -1.76. The molecule has 10 heteroatoms. The average Bonchev–Trinajstić information content (AvgIpc) is 2.61. The van der Waals surface area contributed by atoms with E-state index in [9.17, 15) is 39.5 Å². The van der Waals surface area contributed by atoms with Crippen LogP contribution in [0.25, 0.3) is 0 Å². The Balaban J connectivity index is 2.80. The third-order valence-electron chi connectivity index (χ3n) is 4.23. The van der Waals surface area contributed by atoms with Crippen molar-refractivity contribution in [1.29, 1.82) is 0 Å². The van der Waals surface area contributed by atoms with Crippen molar-refractivity contribution in [3.05, 3.63) is 60.7 Å². The first-order chi connectivity index (χ1) is 12.2. The van der Waals surface area contributed by atoms with E-state index >= 15 is 0 Å². The molecule has 2 aromatic rings. The molecule has 0 spiro atoms. The molecule has 0 N–H and O–H groups in total. The number of benzene rings is 2. The van der Waals surface area contributed by atoms with Crippen LogP contribution in [0.2, 0.25) is 0 Å². The molecule has 0 saturated carbocycles. The molecule has 0 heterocycles. The van der Waals surface area contributed by atoms with Gasteiger partial charge < -0.3 is 0 Å². The number of rotatable bonds is 5. The molecule has 0 aliphatic carbocycles. The first-order valence-corrected chi connectivity index (χ1v) is 9.63. The van der Waals surface area contributed by atoms with Crippen molar-refractivity contribution >= 4 is 17.9 Å². The second-order valence-electron chi connectivity index (χ2n) is 5.87. The van der Waals surface area contributed by atoms with Crippen molar-refractivity contribution in [2.75, 3.05) is 6.66 Å². The molecular weight excluding hydrogens is 406 g/mol. The minimum Gasteiger partial charge on any atom is -0.189 e. The van der Waals surface area contributed by atoms with Crippen molar-refractivity contribution in [2.24, 2.45) is 0 Å². The van der Waals surface area contributed by atoms with Crippen molar-refractivity contribution in [2.45, 2.75) is 23.7 Å². The van der Waals surface area contributed by atoms with E-state index in [0.29, 0.717) is 6.66 Å². The molecule has 0 nitrogen and oxygen atoms in total. The molecular formula is C17H13F9P+. The first-order valence-electron chi connectivity index (χ1n) is 7.39. The highest BCUT2D eigenvalue weighted by Crippen LogP contribution is 2.73. The van der Waals surface area contributed by atoms with E-state index in [1.165, 1.54) is 36.4 Å². The van der Waals surface area contributed by atoms with Gasteiger partial charge in [0, 0.05) is 0 Å². The summed E-state index contributed by atoms with van der Waals surface area (Å²) in [4.78, 5) is 0. The van der Waals surface area contributed by atoms with Gasteiger partial charge in [-0.15, -0.1) is 0 Å². The fourth-order valence-electron chi connectivity index (χ4n) is 2.57. The molecule has 2 aromatic carbocycles. The molecule has 2 rings (SSSR count). The van der Waals surface area contributed by atoms with Gasteiger partial charge >= 0.3 is 23.7 Å². The van der Waals surface area contributed by atoms with E-state index in [0.717, 1.165) is 24.3 Å². The van der Waals surface area contributed by atoms with Crippen LogP contribution in [0.5, 0.6) is 0 Å². The lowest BCUT2D eigenvalue weighted by molar-refractivity contribution is -0.382. The lowest BCUT2D eigenvalue weighted by atomic mass is 10.1. The number of alkyl halides is 9.